The van der Waals surface area contributed by atoms with E-state index in [1.165, 1.54) is 4.90 Å². The molecule has 2 aromatic carbocycles. The van der Waals surface area contributed by atoms with E-state index in [-0.39, 0.29) is 49.5 Å². The summed E-state index contributed by atoms with van der Waals surface area (Å²) in [5.41, 5.74) is -0.579. The minimum Gasteiger partial charge on any atom is -0.378 e. The van der Waals surface area contributed by atoms with E-state index in [1.807, 2.05) is 32.0 Å². The fourth-order valence-electron chi connectivity index (χ4n) is 5.61. The summed E-state index contributed by atoms with van der Waals surface area (Å²) in [6.07, 6.45) is -9.68. The Morgan fingerprint density at radius 1 is 0.844 bits per heavy atom. The zero-order valence-electron chi connectivity index (χ0n) is 25.6. The number of piperazine rings is 1. The van der Waals surface area contributed by atoms with Crippen molar-refractivity contribution in [2.75, 3.05) is 45.9 Å². The predicted molar refractivity (Wildman–Crippen MR) is 166 cm³/mol. The highest BCUT2D eigenvalue weighted by atomic mass is 35.5. The Labute approximate surface area is 273 Å². The van der Waals surface area contributed by atoms with Crippen molar-refractivity contribution in [3.05, 3.63) is 69.8 Å². The Morgan fingerprint density at radius 3 is 1.98 bits per heavy atom. The van der Waals surface area contributed by atoms with Crippen molar-refractivity contribution >= 4 is 30.7 Å². The van der Waals surface area contributed by atoms with Crippen LogP contribution >= 0.6 is 24.8 Å². The topological polar surface area (TPSA) is 36.0 Å². The largest absolute Gasteiger partial charge is 0.416 e. The number of halogens is 8. The van der Waals surface area contributed by atoms with Crippen molar-refractivity contribution in [2.45, 2.75) is 64.6 Å². The van der Waals surface area contributed by atoms with E-state index in [2.05, 4.69) is 35.5 Å². The number of ether oxygens (including phenoxy) is 1. The number of carbonyl (C=O) groups is 1. The van der Waals surface area contributed by atoms with Gasteiger partial charge in [0.15, 0.2) is 0 Å². The average Bonchev–Trinajstić information content (AvgIpc) is 2.93. The van der Waals surface area contributed by atoms with Crippen molar-refractivity contribution in [1.29, 1.82) is 0 Å². The smallest absolute Gasteiger partial charge is 0.378 e. The molecule has 45 heavy (non-hydrogen) atoms. The molecular formula is C32H39Cl2F6N3O2. The minimum atomic E-state index is -5.04. The van der Waals surface area contributed by atoms with Crippen LogP contribution < -0.4 is 0 Å². The van der Waals surface area contributed by atoms with Crippen LogP contribution in [0.3, 0.4) is 0 Å². The highest BCUT2D eigenvalue weighted by molar-refractivity contribution is 5.95. The Balaban J connectivity index is 0.00000353. The minimum absolute atomic E-state index is 0. The molecule has 2 saturated heterocycles. The first-order chi connectivity index (χ1) is 20.1. The van der Waals surface area contributed by atoms with Gasteiger partial charge >= 0.3 is 12.4 Å². The highest BCUT2D eigenvalue weighted by Gasteiger charge is 2.39. The number of morpholine rings is 1. The van der Waals surface area contributed by atoms with E-state index in [9.17, 15) is 31.1 Å². The van der Waals surface area contributed by atoms with Gasteiger partial charge in [-0.2, -0.15) is 26.3 Å². The van der Waals surface area contributed by atoms with Crippen LogP contribution in [0.5, 0.6) is 0 Å². The molecule has 0 bridgehead atoms. The maximum absolute atomic E-state index is 13.6. The average molecular weight is 683 g/mol. The summed E-state index contributed by atoms with van der Waals surface area (Å²) in [4.78, 5) is 19.4. The lowest BCUT2D eigenvalue weighted by molar-refractivity contribution is -0.143. The number of carbonyl (C=O) groups excluding carboxylic acids is 1. The van der Waals surface area contributed by atoms with Crippen LogP contribution in [-0.4, -0.2) is 84.7 Å². The monoisotopic (exact) mass is 681 g/mol. The maximum atomic E-state index is 13.6. The Kier molecular flexibility index (Phi) is 13.6. The van der Waals surface area contributed by atoms with Gasteiger partial charge in [0.05, 0.1) is 37.4 Å². The maximum Gasteiger partial charge on any atom is 0.416 e. The van der Waals surface area contributed by atoms with Crippen LogP contribution in [0.15, 0.2) is 36.4 Å². The van der Waals surface area contributed by atoms with Gasteiger partial charge in [0.25, 0.3) is 5.91 Å². The van der Waals surface area contributed by atoms with E-state index in [4.69, 9.17) is 4.74 Å². The summed E-state index contributed by atoms with van der Waals surface area (Å²) < 4.78 is 86.7. The number of rotatable bonds is 5. The molecule has 0 unspecified atom stereocenters. The third kappa shape index (κ3) is 10.00. The first-order valence-electron chi connectivity index (χ1n) is 14.3. The van der Waals surface area contributed by atoms with Crippen molar-refractivity contribution in [3.8, 4) is 11.8 Å². The standard InChI is InChI=1S/C32H37F6N3O2.2ClH/c1-21-7-8-25(13-22(21)2)14-29-18-39(9-5-6-10-40-23(3)19-43-20-24(40)4)11-12-41(29)30(42)26-15-27(31(33,34)35)17-28(16-26)32(36,37)38;;/h7-8,13,15-17,23-24,29H,9-12,14,18-20H2,1-4H3;2*1H/t23-,24-,29+;;/m0../s1. The fraction of sp³-hybridized carbons (Fsp3) is 0.531. The van der Waals surface area contributed by atoms with Gasteiger partial charge < -0.3 is 9.64 Å². The number of hydrogen-bond acceptors (Lipinski definition) is 4. The van der Waals surface area contributed by atoms with Gasteiger partial charge in [-0.3, -0.25) is 14.6 Å². The van der Waals surface area contributed by atoms with Crippen LogP contribution in [0.2, 0.25) is 0 Å². The lowest BCUT2D eigenvalue weighted by Crippen LogP contribution is -2.56. The Morgan fingerprint density at radius 2 is 1.42 bits per heavy atom. The SMILES string of the molecule is Cc1ccc(C[C@@H]2CN(CC#CCN3[C@@H](C)COC[C@@H]3C)CCN2C(=O)c2cc(C(F)(F)F)cc(C(F)(F)F)c2)cc1C.Cl.Cl. The molecule has 2 heterocycles. The van der Waals surface area contributed by atoms with Gasteiger partial charge in [0.2, 0.25) is 0 Å². The third-order valence-electron chi connectivity index (χ3n) is 8.24. The molecule has 0 aromatic heterocycles. The highest BCUT2D eigenvalue weighted by Crippen LogP contribution is 2.37. The lowest BCUT2D eigenvalue weighted by atomic mass is 9.97. The molecule has 0 N–H and O–H groups in total. The van der Waals surface area contributed by atoms with Gasteiger partial charge in [0, 0.05) is 43.3 Å². The van der Waals surface area contributed by atoms with Crippen LogP contribution in [0, 0.1) is 25.7 Å². The Bertz CT molecular complexity index is 1330. The Hall–Kier alpha value is -2.49. The second-order valence-corrected chi connectivity index (χ2v) is 11.6. The molecule has 0 saturated carbocycles. The van der Waals surface area contributed by atoms with Gasteiger partial charge in [-0.1, -0.05) is 30.0 Å². The van der Waals surface area contributed by atoms with Crippen LogP contribution in [0.1, 0.15) is 52.0 Å². The summed E-state index contributed by atoms with van der Waals surface area (Å²) in [5.74, 6) is 5.58. The number of amides is 1. The van der Waals surface area contributed by atoms with Crippen molar-refractivity contribution in [1.82, 2.24) is 14.7 Å². The molecule has 4 rings (SSSR count). The van der Waals surface area contributed by atoms with Gasteiger partial charge in [-0.05, 0) is 69.0 Å². The molecular weight excluding hydrogens is 643 g/mol. The summed E-state index contributed by atoms with van der Waals surface area (Å²) >= 11 is 0. The molecule has 5 nitrogen and oxygen atoms in total. The van der Waals surface area contributed by atoms with Gasteiger partial charge in [-0.15, -0.1) is 24.8 Å². The molecule has 2 fully saturated rings. The quantitative estimate of drug-likeness (QED) is 0.261. The van der Waals surface area contributed by atoms with E-state index < -0.39 is 41.0 Å². The third-order valence-corrected chi connectivity index (χ3v) is 8.24. The zero-order valence-corrected chi connectivity index (χ0v) is 27.2. The molecule has 13 heteroatoms. The predicted octanol–water partition coefficient (Wildman–Crippen LogP) is 6.67. The normalized spacial score (nSPS) is 21.3. The van der Waals surface area contributed by atoms with E-state index >= 15 is 0 Å². The molecule has 0 spiro atoms. The van der Waals surface area contributed by atoms with E-state index in [0.29, 0.717) is 57.9 Å². The summed E-state index contributed by atoms with van der Waals surface area (Å²) in [7, 11) is 0. The first-order valence-corrected chi connectivity index (χ1v) is 14.3. The van der Waals surface area contributed by atoms with Gasteiger partial charge in [0.1, 0.15) is 0 Å². The zero-order chi connectivity index (χ0) is 31.5. The molecule has 2 aliphatic heterocycles. The summed E-state index contributed by atoms with van der Waals surface area (Å²) in [6, 6.07) is 6.97. The fourth-order valence-corrected chi connectivity index (χ4v) is 5.61. The number of benzene rings is 2. The van der Waals surface area contributed by atoms with Crippen LogP contribution in [0.4, 0.5) is 26.3 Å². The number of hydrogen-bond donors (Lipinski definition) is 0. The van der Waals surface area contributed by atoms with Crippen molar-refractivity contribution in [2.24, 2.45) is 0 Å². The van der Waals surface area contributed by atoms with E-state index in [1.54, 1.807) is 0 Å². The van der Waals surface area contributed by atoms with Crippen molar-refractivity contribution in [3.63, 3.8) is 0 Å². The lowest BCUT2D eigenvalue weighted by Gasteiger charge is -2.41. The second-order valence-electron chi connectivity index (χ2n) is 11.6. The molecule has 2 aromatic rings. The van der Waals surface area contributed by atoms with Crippen LogP contribution in [-0.2, 0) is 23.5 Å². The van der Waals surface area contributed by atoms with Crippen molar-refractivity contribution < 1.29 is 35.9 Å². The summed E-state index contributed by atoms with van der Waals surface area (Å²) in [6.45, 7) is 11.3. The second kappa shape index (κ2) is 15.9. The molecule has 3 atom stereocenters. The number of alkyl halides is 6. The molecule has 1 amide bonds. The van der Waals surface area contributed by atoms with E-state index in [0.717, 1.165) is 16.7 Å². The number of aryl methyl sites for hydroxylation is 2. The first kappa shape index (κ1) is 38.7. The molecule has 0 aliphatic carbocycles. The molecule has 0 radical (unpaired) electrons. The molecule has 250 valence electrons. The molecule has 2 aliphatic rings. The summed E-state index contributed by atoms with van der Waals surface area (Å²) in [5, 5.41) is 0. The van der Waals surface area contributed by atoms with Crippen LogP contribution in [0.25, 0.3) is 0 Å². The van der Waals surface area contributed by atoms with Gasteiger partial charge in [-0.25, -0.2) is 0 Å². The number of nitrogens with zero attached hydrogens (tertiary/aromatic N) is 3.